The highest BCUT2D eigenvalue weighted by molar-refractivity contribution is 8.00. The fourth-order valence-corrected chi connectivity index (χ4v) is 3.87. The standard InChI is InChI=1S/C16H25NOS/c1-18-12-15-8-4-3-7-14(15)11-17-13-16(19-2)9-5-6-10-16/h3-4,7-8,17H,5-6,9-13H2,1-2H3. The van der Waals surface area contributed by atoms with E-state index in [1.165, 1.54) is 36.8 Å². The predicted octanol–water partition coefficient (Wildman–Crippen LogP) is 3.60. The summed E-state index contributed by atoms with van der Waals surface area (Å²) in [6.45, 7) is 2.77. The van der Waals surface area contributed by atoms with Crippen molar-refractivity contribution < 1.29 is 4.74 Å². The van der Waals surface area contributed by atoms with Crippen molar-refractivity contribution in [3.8, 4) is 0 Å². The van der Waals surface area contributed by atoms with Crippen LogP contribution in [0, 0.1) is 0 Å². The lowest BCUT2D eigenvalue weighted by Gasteiger charge is -2.27. The maximum absolute atomic E-state index is 5.26. The third-order valence-electron chi connectivity index (χ3n) is 4.13. The van der Waals surface area contributed by atoms with Crippen molar-refractivity contribution in [3.63, 3.8) is 0 Å². The summed E-state index contributed by atoms with van der Waals surface area (Å²) in [6.07, 6.45) is 7.76. The molecule has 0 heterocycles. The normalized spacial score (nSPS) is 17.8. The van der Waals surface area contributed by atoms with Crippen molar-refractivity contribution >= 4 is 11.8 Å². The Morgan fingerprint density at radius 3 is 2.53 bits per heavy atom. The lowest BCUT2D eigenvalue weighted by Crippen LogP contribution is -2.34. The summed E-state index contributed by atoms with van der Waals surface area (Å²) in [6, 6.07) is 8.54. The molecular formula is C16H25NOS. The second-order valence-corrected chi connectivity index (χ2v) is 6.67. The van der Waals surface area contributed by atoms with E-state index in [0.717, 1.165) is 13.1 Å². The molecule has 0 unspecified atom stereocenters. The van der Waals surface area contributed by atoms with Gasteiger partial charge in [0.1, 0.15) is 0 Å². The topological polar surface area (TPSA) is 21.3 Å². The van der Waals surface area contributed by atoms with E-state index < -0.39 is 0 Å². The molecule has 1 aliphatic carbocycles. The van der Waals surface area contributed by atoms with Crippen LogP contribution in [0.1, 0.15) is 36.8 Å². The molecule has 19 heavy (non-hydrogen) atoms. The molecule has 1 aromatic rings. The summed E-state index contributed by atoms with van der Waals surface area (Å²) in [7, 11) is 1.76. The molecular weight excluding hydrogens is 254 g/mol. The largest absolute Gasteiger partial charge is 0.380 e. The van der Waals surface area contributed by atoms with Crippen LogP contribution in [0.5, 0.6) is 0 Å². The molecule has 0 radical (unpaired) electrons. The number of methoxy groups -OCH3 is 1. The Bertz CT molecular complexity index is 388. The van der Waals surface area contributed by atoms with Crippen molar-refractivity contribution in [1.82, 2.24) is 5.32 Å². The Balaban J connectivity index is 1.88. The minimum absolute atomic E-state index is 0.482. The molecule has 1 saturated carbocycles. The van der Waals surface area contributed by atoms with E-state index in [0.29, 0.717) is 11.4 Å². The van der Waals surface area contributed by atoms with Crippen molar-refractivity contribution in [2.75, 3.05) is 19.9 Å². The third kappa shape index (κ3) is 3.98. The van der Waals surface area contributed by atoms with Gasteiger partial charge < -0.3 is 10.1 Å². The van der Waals surface area contributed by atoms with Crippen molar-refractivity contribution in [2.24, 2.45) is 0 Å². The van der Waals surface area contributed by atoms with E-state index >= 15 is 0 Å². The molecule has 1 N–H and O–H groups in total. The molecule has 2 rings (SSSR count). The van der Waals surface area contributed by atoms with Crippen LogP contribution in [0.4, 0.5) is 0 Å². The number of benzene rings is 1. The second kappa shape index (κ2) is 7.32. The molecule has 0 aromatic heterocycles. The number of nitrogens with one attached hydrogen (secondary N) is 1. The van der Waals surface area contributed by atoms with Gasteiger partial charge in [0.25, 0.3) is 0 Å². The first-order valence-electron chi connectivity index (χ1n) is 7.11. The Labute approximate surface area is 121 Å². The van der Waals surface area contributed by atoms with Crippen LogP contribution >= 0.6 is 11.8 Å². The fourth-order valence-electron chi connectivity index (χ4n) is 2.92. The van der Waals surface area contributed by atoms with Gasteiger partial charge in [-0.3, -0.25) is 0 Å². The molecule has 0 atom stereocenters. The van der Waals surface area contributed by atoms with Crippen molar-refractivity contribution in [2.45, 2.75) is 43.6 Å². The summed E-state index contributed by atoms with van der Waals surface area (Å²) in [5.74, 6) is 0. The van der Waals surface area contributed by atoms with E-state index in [-0.39, 0.29) is 0 Å². The smallest absolute Gasteiger partial charge is 0.0716 e. The van der Waals surface area contributed by atoms with Crippen LogP contribution < -0.4 is 5.32 Å². The molecule has 1 aromatic carbocycles. The average Bonchev–Trinajstić information content (AvgIpc) is 2.90. The van der Waals surface area contributed by atoms with Crippen LogP contribution in [0.15, 0.2) is 24.3 Å². The maximum atomic E-state index is 5.26. The van der Waals surface area contributed by atoms with E-state index in [1.807, 2.05) is 11.8 Å². The summed E-state index contributed by atoms with van der Waals surface area (Å²) in [4.78, 5) is 0. The first kappa shape index (κ1) is 14.9. The Morgan fingerprint density at radius 2 is 1.89 bits per heavy atom. The SMILES string of the molecule is COCc1ccccc1CNCC1(SC)CCCC1. The van der Waals surface area contributed by atoms with E-state index in [9.17, 15) is 0 Å². The Kier molecular flexibility index (Phi) is 5.74. The lowest BCUT2D eigenvalue weighted by molar-refractivity contribution is 0.184. The zero-order chi connectivity index (χ0) is 13.6. The predicted molar refractivity (Wildman–Crippen MR) is 83.6 cm³/mol. The summed E-state index contributed by atoms with van der Waals surface area (Å²) in [5.41, 5.74) is 2.65. The Hall–Kier alpha value is -0.510. The molecule has 1 aliphatic rings. The van der Waals surface area contributed by atoms with Gasteiger partial charge in [0.2, 0.25) is 0 Å². The van der Waals surface area contributed by atoms with Crippen molar-refractivity contribution in [3.05, 3.63) is 35.4 Å². The number of rotatable bonds is 7. The maximum Gasteiger partial charge on any atom is 0.0716 e. The monoisotopic (exact) mass is 279 g/mol. The molecule has 3 heteroatoms. The van der Waals surface area contributed by atoms with Gasteiger partial charge in [-0.15, -0.1) is 0 Å². The van der Waals surface area contributed by atoms with Gasteiger partial charge in [-0.1, -0.05) is 37.1 Å². The van der Waals surface area contributed by atoms with Crippen LogP contribution in [-0.2, 0) is 17.9 Å². The van der Waals surface area contributed by atoms with Gasteiger partial charge in [0, 0.05) is 24.9 Å². The zero-order valence-corrected chi connectivity index (χ0v) is 12.9. The van der Waals surface area contributed by atoms with E-state index in [2.05, 4.69) is 35.8 Å². The first-order valence-corrected chi connectivity index (χ1v) is 8.34. The third-order valence-corrected chi connectivity index (χ3v) is 5.55. The van der Waals surface area contributed by atoms with Gasteiger partial charge in [-0.25, -0.2) is 0 Å². The minimum Gasteiger partial charge on any atom is -0.380 e. The number of hydrogen-bond donors (Lipinski definition) is 1. The number of thioether (sulfide) groups is 1. The highest BCUT2D eigenvalue weighted by atomic mass is 32.2. The van der Waals surface area contributed by atoms with Gasteiger partial charge in [0.15, 0.2) is 0 Å². The molecule has 2 nitrogen and oxygen atoms in total. The summed E-state index contributed by atoms with van der Waals surface area (Å²) in [5, 5.41) is 3.66. The quantitative estimate of drug-likeness (QED) is 0.824. The molecule has 0 spiro atoms. The van der Waals surface area contributed by atoms with Crippen molar-refractivity contribution in [1.29, 1.82) is 0 Å². The molecule has 0 saturated heterocycles. The molecule has 0 bridgehead atoms. The average molecular weight is 279 g/mol. The lowest BCUT2D eigenvalue weighted by atomic mass is 10.1. The highest BCUT2D eigenvalue weighted by Gasteiger charge is 2.32. The minimum atomic E-state index is 0.482. The van der Waals surface area contributed by atoms with Crippen LogP contribution in [0.2, 0.25) is 0 Å². The second-order valence-electron chi connectivity index (χ2n) is 5.40. The zero-order valence-electron chi connectivity index (χ0n) is 12.1. The van der Waals surface area contributed by atoms with Gasteiger partial charge in [-0.2, -0.15) is 11.8 Å². The van der Waals surface area contributed by atoms with Gasteiger partial charge in [0.05, 0.1) is 6.61 Å². The van der Waals surface area contributed by atoms with Crippen LogP contribution in [0.25, 0.3) is 0 Å². The summed E-state index contributed by atoms with van der Waals surface area (Å²) < 4.78 is 5.74. The van der Waals surface area contributed by atoms with Gasteiger partial charge in [-0.05, 0) is 30.2 Å². The van der Waals surface area contributed by atoms with E-state index in [1.54, 1.807) is 7.11 Å². The Morgan fingerprint density at radius 1 is 1.21 bits per heavy atom. The molecule has 0 aliphatic heterocycles. The number of ether oxygens (including phenoxy) is 1. The first-order chi connectivity index (χ1) is 9.29. The van der Waals surface area contributed by atoms with Crippen LogP contribution in [-0.4, -0.2) is 24.7 Å². The highest BCUT2D eigenvalue weighted by Crippen LogP contribution is 2.39. The molecule has 106 valence electrons. The van der Waals surface area contributed by atoms with Gasteiger partial charge >= 0.3 is 0 Å². The summed E-state index contributed by atoms with van der Waals surface area (Å²) >= 11 is 2.04. The van der Waals surface area contributed by atoms with Crippen LogP contribution in [0.3, 0.4) is 0 Å². The number of hydrogen-bond acceptors (Lipinski definition) is 3. The van der Waals surface area contributed by atoms with E-state index in [4.69, 9.17) is 4.74 Å². The molecule has 0 amide bonds. The molecule has 1 fully saturated rings. The fraction of sp³-hybridized carbons (Fsp3) is 0.625.